The number of nitrogens with one attached hydrogen (secondary N) is 1. The maximum atomic E-state index is 11.3. The van der Waals surface area contributed by atoms with E-state index in [1.165, 1.54) is 11.8 Å². The van der Waals surface area contributed by atoms with Crippen molar-refractivity contribution in [2.75, 3.05) is 18.6 Å². The van der Waals surface area contributed by atoms with Crippen molar-refractivity contribution in [3.8, 4) is 0 Å². The standard InChI is InChI=1S/C13H21NO2S/c1-3-14-13(11-17(2,15)16)10-9-12-7-5-4-6-8-12/h4-8,13-14H,3,9-11H2,1-2H3. The monoisotopic (exact) mass is 255 g/mol. The summed E-state index contributed by atoms with van der Waals surface area (Å²) in [6.45, 7) is 2.80. The van der Waals surface area contributed by atoms with Gasteiger partial charge < -0.3 is 5.32 Å². The van der Waals surface area contributed by atoms with Crippen LogP contribution in [0.1, 0.15) is 18.9 Å². The first kappa shape index (κ1) is 14.2. The molecule has 0 spiro atoms. The summed E-state index contributed by atoms with van der Waals surface area (Å²) in [5.74, 6) is 0.216. The van der Waals surface area contributed by atoms with E-state index >= 15 is 0 Å². The zero-order chi connectivity index (χ0) is 12.7. The van der Waals surface area contributed by atoms with E-state index in [0.29, 0.717) is 0 Å². The highest BCUT2D eigenvalue weighted by Crippen LogP contribution is 2.06. The molecule has 17 heavy (non-hydrogen) atoms. The lowest BCUT2D eigenvalue weighted by Gasteiger charge is -2.16. The van der Waals surface area contributed by atoms with Gasteiger partial charge in [-0.1, -0.05) is 37.3 Å². The van der Waals surface area contributed by atoms with E-state index in [4.69, 9.17) is 0 Å². The van der Waals surface area contributed by atoms with Gasteiger partial charge in [0.2, 0.25) is 0 Å². The Morgan fingerprint density at radius 3 is 2.41 bits per heavy atom. The van der Waals surface area contributed by atoms with Crippen LogP contribution in [0.5, 0.6) is 0 Å². The summed E-state index contributed by atoms with van der Waals surface area (Å²) in [5, 5.41) is 3.23. The van der Waals surface area contributed by atoms with Gasteiger partial charge in [-0.15, -0.1) is 0 Å². The molecule has 1 aromatic carbocycles. The van der Waals surface area contributed by atoms with Crippen LogP contribution >= 0.6 is 0 Å². The summed E-state index contributed by atoms with van der Waals surface area (Å²) in [5.41, 5.74) is 1.25. The van der Waals surface area contributed by atoms with Crippen molar-refractivity contribution in [1.29, 1.82) is 0 Å². The summed E-state index contributed by atoms with van der Waals surface area (Å²) in [7, 11) is -2.91. The molecular weight excluding hydrogens is 234 g/mol. The van der Waals surface area contributed by atoms with E-state index in [9.17, 15) is 8.42 Å². The zero-order valence-corrected chi connectivity index (χ0v) is 11.3. The fourth-order valence-electron chi connectivity index (χ4n) is 1.88. The summed E-state index contributed by atoms with van der Waals surface area (Å²) in [6.07, 6.45) is 3.05. The van der Waals surface area contributed by atoms with Gasteiger partial charge in [0, 0.05) is 12.3 Å². The topological polar surface area (TPSA) is 46.2 Å². The van der Waals surface area contributed by atoms with E-state index in [2.05, 4.69) is 17.4 Å². The fraction of sp³-hybridized carbons (Fsp3) is 0.538. The molecule has 1 aromatic rings. The molecule has 3 nitrogen and oxygen atoms in total. The fourth-order valence-corrected chi connectivity index (χ4v) is 2.90. The molecule has 0 bridgehead atoms. The predicted octanol–water partition coefficient (Wildman–Crippen LogP) is 1.64. The van der Waals surface area contributed by atoms with Crippen LogP contribution in [0.3, 0.4) is 0 Å². The first-order valence-electron chi connectivity index (χ1n) is 5.96. The van der Waals surface area contributed by atoms with Gasteiger partial charge >= 0.3 is 0 Å². The normalized spacial score (nSPS) is 13.5. The molecule has 0 aromatic heterocycles. The third-order valence-electron chi connectivity index (χ3n) is 2.62. The van der Waals surface area contributed by atoms with Gasteiger partial charge in [0.15, 0.2) is 0 Å². The second kappa shape index (κ2) is 6.77. The molecular formula is C13H21NO2S. The number of sulfone groups is 1. The van der Waals surface area contributed by atoms with Crippen molar-refractivity contribution >= 4 is 9.84 Å². The Labute approximate surface area is 104 Å². The smallest absolute Gasteiger partial charge is 0.148 e. The van der Waals surface area contributed by atoms with Crippen molar-refractivity contribution in [3.63, 3.8) is 0 Å². The van der Waals surface area contributed by atoms with Crippen LogP contribution in [-0.2, 0) is 16.3 Å². The summed E-state index contributed by atoms with van der Waals surface area (Å²) in [6, 6.07) is 10.2. The number of hydrogen-bond acceptors (Lipinski definition) is 3. The average Bonchev–Trinajstić information content (AvgIpc) is 2.26. The predicted molar refractivity (Wildman–Crippen MR) is 71.9 cm³/mol. The molecule has 96 valence electrons. The molecule has 1 atom stereocenters. The highest BCUT2D eigenvalue weighted by Gasteiger charge is 2.13. The highest BCUT2D eigenvalue weighted by atomic mass is 32.2. The number of benzene rings is 1. The molecule has 1 N–H and O–H groups in total. The first-order chi connectivity index (χ1) is 8.01. The Hall–Kier alpha value is -0.870. The van der Waals surface area contributed by atoms with Gasteiger partial charge in [0.1, 0.15) is 9.84 Å². The highest BCUT2D eigenvalue weighted by molar-refractivity contribution is 7.90. The van der Waals surface area contributed by atoms with E-state index in [-0.39, 0.29) is 11.8 Å². The lowest BCUT2D eigenvalue weighted by molar-refractivity contribution is 0.519. The molecule has 0 heterocycles. The van der Waals surface area contributed by atoms with Crippen molar-refractivity contribution < 1.29 is 8.42 Å². The third kappa shape index (κ3) is 6.44. The summed E-state index contributed by atoms with van der Waals surface area (Å²) < 4.78 is 22.6. The number of hydrogen-bond donors (Lipinski definition) is 1. The van der Waals surface area contributed by atoms with E-state index < -0.39 is 9.84 Å². The molecule has 0 radical (unpaired) electrons. The van der Waals surface area contributed by atoms with Crippen LogP contribution in [0.2, 0.25) is 0 Å². The molecule has 0 fully saturated rings. The molecule has 0 aliphatic heterocycles. The van der Waals surface area contributed by atoms with Crippen LogP contribution in [0.25, 0.3) is 0 Å². The molecule has 0 amide bonds. The van der Waals surface area contributed by atoms with Crippen molar-refractivity contribution in [2.24, 2.45) is 0 Å². The minimum absolute atomic E-state index is 0.0511. The molecule has 0 saturated heterocycles. The van der Waals surface area contributed by atoms with Gasteiger partial charge in [-0.2, -0.15) is 0 Å². The summed E-state index contributed by atoms with van der Waals surface area (Å²) >= 11 is 0. The van der Waals surface area contributed by atoms with E-state index in [0.717, 1.165) is 19.4 Å². The van der Waals surface area contributed by atoms with E-state index in [1.807, 2.05) is 25.1 Å². The second-order valence-corrected chi connectivity index (χ2v) is 6.56. The van der Waals surface area contributed by atoms with Crippen molar-refractivity contribution in [2.45, 2.75) is 25.8 Å². The Kier molecular flexibility index (Phi) is 5.65. The first-order valence-corrected chi connectivity index (χ1v) is 8.02. The largest absolute Gasteiger partial charge is 0.313 e. The zero-order valence-electron chi connectivity index (χ0n) is 10.5. The van der Waals surface area contributed by atoms with Gasteiger partial charge in [0.25, 0.3) is 0 Å². The number of aryl methyl sites for hydroxylation is 1. The third-order valence-corrected chi connectivity index (χ3v) is 3.63. The quantitative estimate of drug-likeness (QED) is 0.805. The van der Waals surface area contributed by atoms with Crippen molar-refractivity contribution in [3.05, 3.63) is 35.9 Å². The van der Waals surface area contributed by atoms with Crippen LogP contribution in [0.4, 0.5) is 0 Å². The molecule has 1 unspecified atom stereocenters. The molecule has 1 rings (SSSR count). The van der Waals surface area contributed by atoms with Gasteiger partial charge in [-0.25, -0.2) is 8.42 Å². The minimum atomic E-state index is -2.91. The molecule has 0 aliphatic rings. The molecule has 0 aliphatic carbocycles. The Bertz CT molecular complexity index is 414. The van der Waals surface area contributed by atoms with Crippen LogP contribution in [0.15, 0.2) is 30.3 Å². The Morgan fingerprint density at radius 2 is 1.88 bits per heavy atom. The van der Waals surface area contributed by atoms with Crippen molar-refractivity contribution in [1.82, 2.24) is 5.32 Å². The Balaban J connectivity index is 2.50. The maximum absolute atomic E-state index is 11.3. The Morgan fingerprint density at radius 1 is 1.24 bits per heavy atom. The lowest BCUT2D eigenvalue weighted by Crippen LogP contribution is -2.35. The number of rotatable bonds is 7. The van der Waals surface area contributed by atoms with Crippen LogP contribution in [-0.4, -0.2) is 33.0 Å². The van der Waals surface area contributed by atoms with Gasteiger partial charge in [-0.3, -0.25) is 0 Å². The van der Waals surface area contributed by atoms with Gasteiger partial charge in [0.05, 0.1) is 5.75 Å². The minimum Gasteiger partial charge on any atom is -0.313 e. The average molecular weight is 255 g/mol. The van der Waals surface area contributed by atoms with E-state index in [1.54, 1.807) is 0 Å². The maximum Gasteiger partial charge on any atom is 0.148 e. The second-order valence-electron chi connectivity index (χ2n) is 4.37. The van der Waals surface area contributed by atoms with Gasteiger partial charge in [-0.05, 0) is 24.9 Å². The molecule has 4 heteroatoms. The van der Waals surface area contributed by atoms with Crippen LogP contribution in [0, 0.1) is 0 Å². The SMILES string of the molecule is CCNC(CCc1ccccc1)CS(C)(=O)=O. The molecule has 0 saturated carbocycles. The lowest BCUT2D eigenvalue weighted by atomic mass is 10.1. The summed E-state index contributed by atoms with van der Waals surface area (Å²) in [4.78, 5) is 0. The van der Waals surface area contributed by atoms with Crippen LogP contribution < -0.4 is 5.32 Å².